The molecule has 3 heterocycles. The molecule has 32 heavy (non-hydrogen) atoms. The van der Waals surface area contributed by atoms with Crippen LogP contribution in [-0.4, -0.2) is 19.5 Å². The summed E-state index contributed by atoms with van der Waals surface area (Å²) < 4.78 is 2.00. The van der Waals surface area contributed by atoms with Crippen molar-refractivity contribution in [3.63, 3.8) is 0 Å². The normalized spacial score (nSPS) is 11.8. The zero-order chi connectivity index (χ0) is 22.9. The Balaban J connectivity index is 1.47. The highest BCUT2D eigenvalue weighted by Crippen LogP contribution is 2.26. The van der Waals surface area contributed by atoms with Gasteiger partial charge < -0.3 is 4.57 Å². The zero-order valence-corrected chi connectivity index (χ0v) is 20.9. The number of hydrogen-bond acceptors (Lipinski definition) is 6. The Kier molecular flexibility index (Phi) is 6.40. The molecule has 0 aliphatic heterocycles. The first kappa shape index (κ1) is 22.6. The fourth-order valence-corrected chi connectivity index (χ4v) is 5.07. The minimum absolute atomic E-state index is 0.00773. The van der Waals surface area contributed by atoms with Crippen molar-refractivity contribution in [1.82, 2.24) is 19.5 Å². The van der Waals surface area contributed by atoms with Crippen LogP contribution in [0.3, 0.4) is 0 Å². The first-order valence-corrected chi connectivity index (χ1v) is 12.5. The van der Waals surface area contributed by atoms with E-state index in [4.69, 9.17) is 10.4 Å². The molecule has 5 nitrogen and oxygen atoms in total. The van der Waals surface area contributed by atoms with Crippen LogP contribution in [0, 0.1) is 19.3 Å². The van der Waals surface area contributed by atoms with Gasteiger partial charge in [-0.2, -0.15) is 0 Å². The maximum atomic E-state index is 7.94. The van der Waals surface area contributed by atoms with Gasteiger partial charge in [-0.15, -0.1) is 22.7 Å². The van der Waals surface area contributed by atoms with Crippen LogP contribution in [0.25, 0.3) is 11.4 Å². The zero-order valence-electron chi connectivity index (χ0n) is 19.3. The molecule has 4 aromatic rings. The van der Waals surface area contributed by atoms with E-state index >= 15 is 0 Å². The van der Waals surface area contributed by atoms with Crippen LogP contribution in [0.5, 0.6) is 0 Å². The summed E-state index contributed by atoms with van der Waals surface area (Å²) in [6, 6.07) is 4.59. The molecule has 0 saturated carbocycles. The monoisotopic (exact) mass is 463 g/mol. The number of nitrogens with one attached hydrogen (secondary N) is 1. The van der Waals surface area contributed by atoms with Crippen molar-refractivity contribution in [2.45, 2.75) is 59.4 Å². The molecule has 1 N–H and O–H groups in total. The molecule has 0 saturated heterocycles. The van der Waals surface area contributed by atoms with Gasteiger partial charge in [0.15, 0.2) is 4.80 Å². The highest BCUT2D eigenvalue weighted by Gasteiger charge is 2.16. The molecular weight excluding hydrogens is 434 g/mol. The second kappa shape index (κ2) is 9.08. The Morgan fingerprint density at radius 2 is 1.72 bits per heavy atom. The minimum atomic E-state index is -0.00773. The van der Waals surface area contributed by atoms with Crippen molar-refractivity contribution < 1.29 is 0 Å². The van der Waals surface area contributed by atoms with Crippen molar-refractivity contribution in [2.75, 3.05) is 0 Å². The fourth-order valence-electron chi connectivity index (χ4n) is 3.64. The molecule has 0 amide bonds. The van der Waals surface area contributed by atoms with Crippen LogP contribution in [-0.2, 0) is 24.8 Å². The summed E-state index contributed by atoms with van der Waals surface area (Å²) in [7, 11) is 0. The van der Waals surface area contributed by atoms with Crippen LogP contribution in [0.15, 0.2) is 41.5 Å². The van der Waals surface area contributed by atoms with E-state index in [1.807, 2.05) is 28.5 Å². The Labute approximate surface area is 197 Å². The lowest BCUT2D eigenvalue weighted by molar-refractivity contribution is 0.565. The van der Waals surface area contributed by atoms with Crippen molar-refractivity contribution in [3.8, 4) is 11.4 Å². The second-order valence-corrected chi connectivity index (χ2v) is 11.0. The Bertz CT molecular complexity index is 1270. The van der Waals surface area contributed by atoms with Gasteiger partial charge in [-0.05, 0) is 42.5 Å². The number of hydrogen-bond donors (Lipinski definition) is 1. The van der Waals surface area contributed by atoms with E-state index < -0.39 is 0 Å². The van der Waals surface area contributed by atoms with Gasteiger partial charge in [0.25, 0.3) is 0 Å². The van der Waals surface area contributed by atoms with Gasteiger partial charge in [-0.1, -0.05) is 32.9 Å². The lowest BCUT2D eigenvalue weighted by Crippen LogP contribution is -2.14. The van der Waals surface area contributed by atoms with Gasteiger partial charge in [0.2, 0.25) is 0 Å². The Morgan fingerprint density at radius 1 is 0.969 bits per heavy atom. The van der Waals surface area contributed by atoms with Gasteiger partial charge >= 0.3 is 0 Å². The Hall–Kier alpha value is -2.64. The summed E-state index contributed by atoms with van der Waals surface area (Å²) in [5, 5.41) is 13.1. The van der Waals surface area contributed by atoms with E-state index in [0.29, 0.717) is 4.80 Å². The quantitative estimate of drug-likeness (QED) is 0.399. The van der Waals surface area contributed by atoms with Gasteiger partial charge in [0.05, 0.1) is 16.9 Å². The Morgan fingerprint density at radius 3 is 2.38 bits per heavy atom. The highest BCUT2D eigenvalue weighted by atomic mass is 32.1. The van der Waals surface area contributed by atoms with E-state index in [2.05, 4.69) is 62.1 Å². The molecule has 0 aliphatic carbocycles. The molecule has 0 radical (unpaired) electrons. The fraction of sp³-hybridized carbons (Fsp3) is 0.360. The molecule has 0 unspecified atom stereocenters. The second-order valence-electron chi connectivity index (χ2n) is 9.20. The van der Waals surface area contributed by atoms with E-state index in [-0.39, 0.29) is 5.41 Å². The summed E-state index contributed by atoms with van der Waals surface area (Å²) in [5.41, 5.74) is 7.94. The average molecular weight is 464 g/mol. The summed E-state index contributed by atoms with van der Waals surface area (Å²) in [6.07, 6.45) is 7.44. The van der Waals surface area contributed by atoms with Crippen LogP contribution >= 0.6 is 22.7 Å². The van der Waals surface area contributed by atoms with Crippen LogP contribution in [0.4, 0.5) is 0 Å². The topological polar surface area (TPSA) is 67.5 Å². The third-order valence-electron chi connectivity index (χ3n) is 5.67. The standard InChI is InChI=1S/C25H29N5S2/c1-16-11-19(17(2)10-18(16)6-7-30-8-9-31-24(30)26)12-23-29-21(15-32-23)20-13-28-22(14-27-20)25(3,4)5/h8-11,13-15,26H,6-7,12H2,1-5H3. The number of aryl methyl sites for hydroxylation is 4. The van der Waals surface area contributed by atoms with Crippen molar-refractivity contribution in [2.24, 2.45) is 0 Å². The maximum absolute atomic E-state index is 7.94. The molecule has 4 rings (SSSR count). The molecule has 3 aromatic heterocycles. The van der Waals surface area contributed by atoms with Crippen LogP contribution in [0.2, 0.25) is 0 Å². The molecular formula is C25H29N5S2. The first-order valence-electron chi connectivity index (χ1n) is 10.8. The predicted octanol–water partition coefficient (Wildman–Crippen LogP) is 5.69. The summed E-state index contributed by atoms with van der Waals surface area (Å²) in [5.74, 6) is 0. The highest BCUT2D eigenvalue weighted by molar-refractivity contribution is 7.10. The molecule has 1 aromatic carbocycles. The van der Waals surface area contributed by atoms with E-state index in [1.165, 1.54) is 33.6 Å². The lowest BCUT2D eigenvalue weighted by Gasteiger charge is -2.16. The van der Waals surface area contributed by atoms with Gasteiger partial charge in [0.1, 0.15) is 11.4 Å². The lowest BCUT2D eigenvalue weighted by atomic mass is 9.93. The number of rotatable bonds is 6. The van der Waals surface area contributed by atoms with Gasteiger partial charge in [-0.3, -0.25) is 15.4 Å². The van der Waals surface area contributed by atoms with Gasteiger partial charge in [0, 0.05) is 41.5 Å². The van der Waals surface area contributed by atoms with Crippen LogP contribution < -0.4 is 4.80 Å². The molecule has 0 atom stereocenters. The molecule has 0 fully saturated rings. The maximum Gasteiger partial charge on any atom is 0.181 e. The predicted molar refractivity (Wildman–Crippen MR) is 132 cm³/mol. The average Bonchev–Trinajstić information content (AvgIpc) is 3.38. The van der Waals surface area contributed by atoms with E-state index in [1.54, 1.807) is 11.3 Å². The third-order valence-corrected chi connectivity index (χ3v) is 7.24. The molecule has 7 heteroatoms. The number of thiazole rings is 2. The van der Waals surface area contributed by atoms with Crippen molar-refractivity contribution in [3.05, 3.63) is 79.2 Å². The largest absolute Gasteiger partial charge is 0.324 e. The molecule has 0 aliphatic rings. The van der Waals surface area contributed by atoms with E-state index in [9.17, 15) is 0 Å². The third kappa shape index (κ3) is 5.05. The summed E-state index contributed by atoms with van der Waals surface area (Å²) >= 11 is 3.14. The molecule has 166 valence electrons. The smallest absolute Gasteiger partial charge is 0.181 e. The van der Waals surface area contributed by atoms with Gasteiger partial charge in [-0.25, -0.2) is 4.98 Å². The number of aromatic nitrogens is 4. The van der Waals surface area contributed by atoms with E-state index in [0.717, 1.165) is 41.5 Å². The van der Waals surface area contributed by atoms with Crippen LogP contribution in [0.1, 0.15) is 53.7 Å². The van der Waals surface area contributed by atoms with Crippen molar-refractivity contribution in [1.29, 1.82) is 5.41 Å². The molecule has 0 spiro atoms. The van der Waals surface area contributed by atoms with Crippen molar-refractivity contribution >= 4 is 22.7 Å². The summed E-state index contributed by atoms with van der Waals surface area (Å²) in [6.45, 7) is 11.6. The SMILES string of the molecule is Cc1cc(Cc2nc(-c3cnc(C(C)(C)C)cn3)cs2)c(C)cc1CCn1ccsc1=N. The number of nitrogens with zero attached hydrogens (tertiary/aromatic N) is 4. The summed E-state index contributed by atoms with van der Waals surface area (Å²) in [4.78, 5) is 14.6. The minimum Gasteiger partial charge on any atom is -0.324 e. The molecule has 0 bridgehead atoms. The number of benzene rings is 1. The first-order chi connectivity index (χ1) is 15.2.